The van der Waals surface area contributed by atoms with Gasteiger partial charge in [-0.15, -0.1) is 0 Å². The Kier molecular flexibility index (Phi) is 6.42. The topological polar surface area (TPSA) is 81.1 Å². The highest BCUT2D eigenvalue weighted by atomic mass is 16.2. The summed E-state index contributed by atoms with van der Waals surface area (Å²) < 4.78 is 0. The molecule has 1 saturated carbocycles. The van der Waals surface area contributed by atoms with Crippen LogP contribution in [0.2, 0.25) is 0 Å². The first-order chi connectivity index (χ1) is 7.74. The monoisotopic (exact) mass is 227 g/mol. The molecule has 0 aromatic carbocycles. The van der Waals surface area contributed by atoms with E-state index in [9.17, 15) is 4.79 Å². The molecule has 16 heavy (non-hydrogen) atoms. The number of nitrogens with two attached hydrogens (primary N) is 2. The highest BCUT2D eigenvalue weighted by molar-refractivity contribution is 5.81. The lowest BCUT2D eigenvalue weighted by atomic mass is 9.95. The van der Waals surface area contributed by atoms with E-state index in [-0.39, 0.29) is 11.9 Å². The van der Waals surface area contributed by atoms with E-state index in [1.165, 1.54) is 19.3 Å². The number of hydrogen-bond acceptors (Lipinski definition) is 3. The van der Waals surface area contributed by atoms with Crippen molar-refractivity contribution < 1.29 is 4.79 Å². The van der Waals surface area contributed by atoms with Crippen LogP contribution in [-0.2, 0) is 4.79 Å². The first kappa shape index (κ1) is 13.5. The van der Waals surface area contributed by atoms with Crippen LogP contribution in [0.25, 0.3) is 0 Å². The average molecular weight is 227 g/mol. The fourth-order valence-corrected chi connectivity index (χ4v) is 2.19. The maximum absolute atomic E-state index is 11.7. The Hall–Kier alpha value is -0.610. The van der Waals surface area contributed by atoms with Crippen LogP contribution in [-0.4, -0.2) is 24.5 Å². The van der Waals surface area contributed by atoms with Gasteiger partial charge in [-0.1, -0.05) is 25.7 Å². The molecule has 0 spiro atoms. The Labute approximate surface area is 98.1 Å². The van der Waals surface area contributed by atoms with Gasteiger partial charge in [0.05, 0.1) is 6.04 Å². The van der Waals surface area contributed by atoms with Crippen LogP contribution in [0.4, 0.5) is 0 Å². The first-order valence-corrected chi connectivity index (χ1v) is 6.50. The normalized spacial score (nSPS) is 19.4. The fraction of sp³-hybridized carbons (Fsp3) is 0.917. The van der Waals surface area contributed by atoms with Gasteiger partial charge in [-0.05, 0) is 32.2 Å². The van der Waals surface area contributed by atoms with Crippen molar-refractivity contribution in [3.05, 3.63) is 0 Å². The van der Waals surface area contributed by atoms with Crippen molar-refractivity contribution in [3.8, 4) is 0 Å². The van der Waals surface area contributed by atoms with E-state index in [1.807, 2.05) is 0 Å². The summed E-state index contributed by atoms with van der Waals surface area (Å²) in [7, 11) is 0. The van der Waals surface area contributed by atoms with E-state index in [4.69, 9.17) is 11.5 Å². The van der Waals surface area contributed by atoms with Crippen molar-refractivity contribution in [1.29, 1.82) is 0 Å². The number of carbonyl (C=O) groups excluding carboxylic acids is 1. The molecule has 1 unspecified atom stereocenters. The number of rotatable bonds is 6. The summed E-state index contributed by atoms with van der Waals surface area (Å²) in [5, 5.41) is 3.05. The van der Waals surface area contributed by atoms with E-state index in [1.54, 1.807) is 0 Å². The molecule has 0 radical (unpaired) electrons. The predicted octanol–water partition coefficient (Wildman–Crippen LogP) is 0.892. The van der Waals surface area contributed by atoms with Crippen molar-refractivity contribution in [1.82, 2.24) is 5.32 Å². The molecule has 0 saturated heterocycles. The van der Waals surface area contributed by atoms with Crippen LogP contribution in [0.15, 0.2) is 0 Å². The van der Waals surface area contributed by atoms with E-state index >= 15 is 0 Å². The molecule has 1 rings (SSSR count). The number of nitrogens with one attached hydrogen (secondary N) is 1. The third-order valence-electron chi connectivity index (χ3n) is 3.26. The summed E-state index contributed by atoms with van der Waals surface area (Å²) in [5.74, 6) is 0.0175. The molecule has 0 aliphatic heterocycles. The van der Waals surface area contributed by atoms with Crippen LogP contribution >= 0.6 is 0 Å². The molecule has 1 aliphatic carbocycles. The molecule has 1 fully saturated rings. The van der Waals surface area contributed by atoms with Crippen molar-refractivity contribution in [3.63, 3.8) is 0 Å². The summed E-state index contributed by atoms with van der Waals surface area (Å²) >= 11 is 0. The Morgan fingerprint density at radius 1 is 1.25 bits per heavy atom. The van der Waals surface area contributed by atoms with Gasteiger partial charge < -0.3 is 16.8 Å². The number of amides is 1. The van der Waals surface area contributed by atoms with E-state index in [0.717, 1.165) is 32.1 Å². The smallest absolute Gasteiger partial charge is 0.237 e. The van der Waals surface area contributed by atoms with Gasteiger partial charge >= 0.3 is 0 Å². The SMILES string of the molecule is NCCCCC(N)C(=O)NC1CCCCC1. The standard InChI is InChI=1S/C12H25N3O/c13-9-5-4-8-11(14)12(16)15-10-6-2-1-3-7-10/h10-11H,1-9,13-14H2,(H,15,16). The molecule has 94 valence electrons. The molecule has 0 bridgehead atoms. The predicted molar refractivity (Wildman–Crippen MR) is 65.9 cm³/mol. The lowest BCUT2D eigenvalue weighted by molar-refractivity contribution is -0.123. The maximum atomic E-state index is 11.7. The Morgan fingerprint density at radius 2 is 1.94 bits per heavy atom. The summed E-state index contributed by atoms with van der Waals surface area (Å²) in [4.78, 5) is 11.7. The summed E-state index contributed by atoms with van der Waals surface area (Å²) in [6, 6.07) is 0.00952. The Balaban J connectivity index is 2.16. The van der Waals surface area contributed by atoms with Crippen molar-refractivity contribution in [2.45, 2.75) is 63.5 Å². The molecule has 1 aliphatic rings. The highest BCUT2D eigenvalue weighted by Gasteiger charge is 2.19. The maximum Gasteiger partial charge on any atom is 0.237 e. The van der Waals surface area contributed by atoms with Gasteiger partial charge in [-0.2, -0.15) is 0 Å². The zero-order chi connectivity index (χ0) is 11.8. The summed E-state index contributed by atoms with van der Waals surface area (Å²) in [6.07, 6.45) is 8.62. The zero-order valence-corrected chi connectivity index (χ0v) is 10.1. The van der Waals surface area contributed by atoms with Crippen LogP contribution < -0.4 is 16.8 Å². The fourth-order valence-electron chi connectivity index (χ4n) is 2.19. The molecule has 4 heteroatoms. The third kappa shape index (κ3) is 4.94. The number of carbonyl (C=O) groups is 1. The minimum atomic E-state index is -0.353. The first-order valence-electron chi connectivity index (χ1n) is 6.50. The Morgan fingerprint density at radius 3 is 2.56 bits per heavy atom. The van der Waals surface area contributed by atoms with E-state index < -0.39 is 0 Å². The molecule has 0 aromatic heterocycles. The van der Waals surface area contributed by atoms with Crippen LogP contribution in [0.5, 0.6) is 0 Å². The second-order valence-electron chi connectivity index (χ2n) is 4.73. The van der Waals surface area contributed by atoms with Crippen molar-refractivity contribution in [2.75, 3.05) is 6.54 Å². The van der Waals surface area contributed by atoms with Gasteiger partial charge in [0.1, 0.15) is 0 Å². The van der Waals surface area contributed by atoms with Crippen LogP contribution in [0, 0.1) is 0 Å². The quantitative estimate of drug-likeness (QED) is 0.589. The molecule has 4 nitrogen and oxygen atoms in total. The van der Waals surface area contributed by atoms with Gasteiger partial charge in [0.2, 0.25) is 5.91 Å². The van der Waals surface area contributed by atoms with E-state index in [0.29, 0.717) is 12.6 Å². The second-order valence-corrected chi connectivity index (χ2v) is 4.73. The van der Waals surface area contributed by atoms with Gasteiger partial charge in [-0.25, -0.2) is 0 Å². The zero-order valence-electron chi connectivity index (χ0n) is 10.1. The molecule has 0 heterocycles. The summed E-state index contributed by atoms with van der Waals surface area (Å²) in [6.45, 7) is 0.678. The largest absolute Gasteiger partial charge is 0.352 e. The molecular weight excluding hydrogens is 202 g/mol. The molecule has 5 N–H and O–H groups in total. The minimum Gasteiger partial charge on any atom is -0.352 e. The Bertz CT molecular complexity index is 202. The second kappa shape index (κ2) is 7.63. The van der Waals surface area contributed by atoms with E-state index in [2.05, 4.69) is 5.32 Å². The van der Waals surface area contributed by atoms with Gasteiger partial charge in [-0.3, -0.25) is 4.79 Å². The molecule has 1 atom stereocenters. The van der Waals surface area contributed by atoms with Crippen molar-refractivity contribution >= 4 is 5.91 Å². The van der Waals surface area contributed by atoms with Crippen molar-refractivity contribution in [2.24, 2.45) is 11.5 Å². The van der Waals surface area contributed by atoms with Crippen LogP contribution in [0.3, 0.4) is 0 Å². The molecule has 0 aromatic rings. The number of unbranched alkanes of at least 4 members (excludes halogenated alkanes) is 1. The lowest BCUT2D eigenvalue weighted by Crippen LogP contribution is -2.45. The molecule has 1 amide bonds. The minimum absolute atomic E-state index is 0.0175. The number of hydrogen-bond donors (Lipinski definition) is 3. The average Bonchev–Trinajstić information content (AvgIpc) is 2.30. The summed E-state index contributed by atoms with van der Waals surface area (Å²) in [5.41, 5.74) is 11.2. The third-order valence-corrected chi connectivity index (χ3v) is 3.26. The molecular formula is C12H25N3O. The highest BCUT2D eigenvalue weighted by Crippen LogP contribution is 2.17. The lowest BCUT2D eigenvalue weighted by Gasteiger charge is -2.24. The van der Waals surface area contributed by atoms with Gasteiger partial charge in [0.15, 0.2) is 0 Å². The van der Waals surface area contributed by atoms with Gasteiger partial charge in [0.25, 0.3) is 0 Å². The van der Waals surface area contributed by atoms with Crippen LogP contribution in [0.1, 0.15) is 51.4 Å². The van der Waals surface area contributed by atoms with Gasteiger partial charge in [0, 0.05) is 6.04 Å².